The van der Waals surface area contributed by atoms with Gasteiger partial charge in [0, 0.05) is 12.5 Å². The number of nitrogens with zero attached hydrogens (tertiary/aromatic N) is 1. The van der Waals surface area contributed by atoms with Crippen LogP contribution >= 0.6 is 0 Å². The van der Waals surface area contributed by atoms with Crippen LogP contribution in [0.2, 0.25) is 0 Å². The second kappa shape index (κ2) is 6.20. The molecule has 1 saturated heterocycles. The predicted molar refractivity (Wildman–Crippen MR) is 67.8 cm³/mol. The molecule has 3 heteroatoms. The molecule has 0 aromatic rings. The molecule has 1 atom stereocenters. The molecular weight excluding hydrogens is 214 g/mol. The summed E-state index contributed by atoms with van der Waals surface area (Å²) >= 11 is 0. The molecule has 1 aliphatic carbocycles. The van der Waals surface area contributed by atoms with Gasteiger partial charge in [-0.15, -0.1) is 0 Å². The lowest BCUT2D eigenvalue weighted by atomic mass is 9.90. The Morgan fingerprint density at radius 1 is 1.41 bits per heavy atom. The summed E-state index contributed by atoms with van der Waals surface area (Å²) in [6, 6.07) is 0.607. The van der Waals surface area contributed by atoms with Gasteiger partial charge in [-0.3, -0.25) is 9.69 Å². The van der Waals surface area contributed by atoms with E-state index in [1.165, 1.54) is 57.9 Å². The minimum Gasteiger partial charge on any atom is -0.469 e. The third-order valence-corrected chi connectivity index (χ3v) is 3.94. The van der Waals surface area contributed by atoms with E-state index >= 15 is 0 Å². The number of likely N-dealkylation sites (tertiary alicyclic amines) is 1. The average molecular weight is 237 g/mol. The van der Waals surface area contributed by atoms with Crippen LogP contribution in [0, 0.1) is 0 Å². The topological polar surface area (TPSA) is 29.5 Å². The van der Waals surface area contributed by atoms with Crippen LogP contribution in [0.5, 0.6) is 0 Å². The van der Waals surface area contributed by atoms with Crippen LogP contribution < -0.4 is 0 Å². The number of carbonyl (C=O) groups excluding carboxylic acids is 1. The number of ether oxygens (including phenoxy) is 1. The Kier molecular flexibility index (Phi) is 4.60. The maximum Gasteiger partial charge on any atom is 0.305 e. The smallest absolute Gasteiger partial charge is 0.305 e. The molecule has 0 bridgehead atoms. The van der Waals surface area contributed by atoms with Crippen LogP contribution in [-0.4, -0.2) is 37.1 Å². The molecule has 0 aromatic heterocycles. The molecule has 96 valence electrons. The van der Waals surface area contributed by atoms with Crippen molar-refractivity contribution < 1.29 is 9.53 Å². The van der Waals surface area contributed by atoms with Gasteiger partial charge in [-0.05, 0) is 51.6 Å². The zero-order chi connectivity index (χ0) is 12.1. The van der Waals surface area contributed by atoms with E-state index in [-0.39, 0.29) is 5.97 Å². The number of methoxy groups -OCH3 is 1. The fourth-order valence-electron chi connectivity index (χ4n) is 3.01. The molecule has 1 heterocycles. The van der Waals surface area contributed by atoms with E-state index in [0.29, 0.717) is 12.5 Å². The lowest BCUT2D eigenvalue weighted by molar-refractivity contribution is -0.140. The Morgan fingerprint density at radius 3 is 2.88 bits per heavy atom. The third-order valence-electron chi connectivity index (χ3n) is 3.94. The number of carbonyl (C=O) groups is 1. The van der Waals surface area contributed by atoms with E-state index < -0.39 is 0 Å². The van der Waals surface area contributed by atoms with E-state index in [4.69, 9.17) is 4.74 Å². The number of esters is 1. The van der Waals surface area contributed by atoms with Crippen molar-refractivity contribution in [2.24, 2.45) is 0 Å². The van der Waals surface area contributed by atoms with Crippen molar-refractivity contribution in [2.45, 2.75) is 51.0 Å². The molecule has 0 amide bonds. The minimum absolute atomic E-state index is 0.0864. The second-order valence-electron chi connectivity index (χ2n) is 5.04. The number of hydrogen-bond donors (Lipinski definition) is 0. The molecule has 2 rings (SSSR count). The molecule has 0 saturated carbocycles. The quantitative estimate of drug-likeness (QED) is 0.556. The summed E-state index contributed by atoms with van der Waals surface area (Å²) in [5, 5.41) is 0. The summed E-state index contributed by atoms with van der Waals surface area (Å²) in [5.41, 5.74) is 1.48. The van der Waals surface area contributed by atoms with Gasteiger partial charge in [-0.25, -0.2) is 0 Å². The largest absolute Gasteiger partial charge is 0.469 e. The van der Waals surface area contributed by atoms with Crippen molar-refractivity contribution in [1.29, 1.82) is 0 Å². The van der Waals surface area contributed by atoms with Gasteiger partial charge in [-0.1, -0.05) is 11.6 Å². The SMILES string of the molecule is COC(=O)CCC1=CCCCC1N1CCCC1. The van der Waals surface area contributed by atoms with Crippen molar-refractivity contribution >= 4 is 5.97 Å². The van der Waals surface area contributed by atoms with Crippen LogP contribution in [0.15, 0.2) is 11.6 Å². The lowest BCUT2D eigenvalue weighted by Crippen LogP contribution is -2.35. The standard InChI is InChI=1S/C14H23NO2/c1-17-14(16)9-8-12-6-2-3-7-13(12)15-10-4-5-11-15/h6,13H,2-5,7-11H2,1H3. The molecule has 1 unspecified atom stereocenters. The summed E-state index contributed by atoms with van der Waals surface area (Å²) in [6.07, 6.45) is 10.2. The highest BCUT2D eigenvalue weighted by Crippen LogP contribution is 2.29. The van der Waals surface area contributed by atoms with E-state index in [0.717, 1.165) is 6.42 Å². The Bertz CT molecular complexity index is 293. The number of allylic oxidation sites excluding steroid dienone is 1. The average Bonchev–Trinajstić information content (AvgIpc) is 2.90. The highest BCUT2D eigenvalue weighted by molar-refractivity contribution is 5.69. The van der Waals surface area contributed by atoms with Crippen LogP contribution in [0.1, 0.15) is 44.9 Å². The van der Waals surface area contributed by atoms with Gasteiger partial charge in [0.15, 0.2) is 0 Å². The molecule has 3 nitrogen and oxygen atoms in total. The highest BCUT2D eigenvalue weighted by atomic mass is 16.5. The lowest BCUT2D eigenvalue weighted by Gasteiger charge is -2.32. The molecule has 1 fully saturated rings. The fraction of sp³-hybridized carbons (Fsp3) is 0.786. The predicted octanol–water partition coefficient (Wildman–Crippen LogP) is 2.51. The summed E-state index contributed by atoms with van der Waals surface area (Å²) in [6.45, 7) is 2.47. The van der Waals surface area contributed by atoms with E-state index in [1.807, 2.05) is 0 Å². The van der Waals surface area contributed by atoms with Crippen molar-refractivity contribution in [1.82, 2.24) is 4.90 Å². The van der Waals surface area contributed by atoms with Gasteiger partial charge in [0.05, 0.1) is 7.11 Å². The summed E-state index contributed by atoms with van der Waals surface area (Å²) in [5.74, 6) is -0.0864. The van der Waals surface area contributed by atoms with Crippen LogP contribution in [0.3, 0.4) is 0 Å². The van der Waals surface area contributed by atoms with Gasteiger partial charge < -0.3 is 4.74 Å². The van der Waals surface area contributed by atoms with E-state index in [2.05, 4.69) is 11.0 Å². The van der Waals surface area contributed by atoms with Crippen LogP contribution in [-0.2, 0) is 9.53 Å². The normalized spacial score (nSPS) is 25.7. The fourth-order valence-corrected chi connectivity index (χ4v) is 3.01. The maximum absolute atomic E-state index is 11.2. The molecule has 2 aliphatic rings. The van der Waals surface area contributed by atoms with E-state index in [9.17, 15) is 4.79 Å². The van der Waals surface area contributed by atoms with Gasteiger partial charge in [0.2, 0.25) is 0 Å². The monoisotopic (exact) mass is 237 g/mol. The zero-order valence-corrected chi connectivity index (χ0v) is 10.8. The second-order valence-corrected chi connectivity index (χ2v) is 5.04. The summed E-state index contributed by atoms with van der Waals surface area (Å²) in [7, 11) is 1.47. The molecule has 0 spiro atoms. The van der Waals surface area contributed by atoms with Crippen LogP contribution in [0.4, 0.5) is 0 Å². The third kappa shape index (κ3) is 3.32. The first kappa shape index (κ1) is 12.6. The van der Waals surface area contributed by atoms with Crippen LogP contribution in [0.25, 0.3) is 0 Å². The molecule has 1 aliphatic heterocycles. The van der Waals surface area contributed by atoms with Crippen molar-refractivity contribution in [3.05, 3.63) is 11.6 Å². The Morgan fingerprint density at radius 2 is 2.18 bits per heavy atom. The van der Waals surface area contributed by atoms with Crippen molar-refractivity contribution in [3.63, 3.8) is 0 Å². The first-order valence-electron chi connectivity index (χ1n) is 6.81. The van der Waals surface area contributed by atoms with Crippen molar-refractivity contribution in [3.8, 4) is 0 Å². The summed E-state index contributed by atoms with van der Waals surface area (Å²) in [4.78, 5) is 13.8. The summed E-state index contributed by atoms with van der Waals surface area (Å²) < 4.78 is 4.72. The first-order chi connectivity index (χ1) is 8.31. The van der Waals surface area contributed by atoms with Gasteiger partial charge in [0.25, 0.3) is 0 Å². The molecule has 0 radical (unpaired) electrons. The highest BCUT2D eigenvalue weighted by Gasteiger charge is 2.26. The van der Waals surface area contributed by atoms with Crippen molar-refractivity contribution in [2.75, 3.05) is 20.2 Å². The van der Waals surface area contributed by atoms with E-state index in [1.54, 1.807) is 0 Å². The van der Waals surface area contributed by atoms with Gasteiger partial charge >= 0.3 is 5.97 Å². The van der Waals surface area contributed by atoms with Gasteiger partial charge in [-0.2, -0.15) is 0 Å². The molecule has 0 aromatic carbocycles. The zero-order valence-electron chi connectivity index (χ0n) is 10.8. The number of rotatable bonds is 4. The maximum atomic E-state index is 11.2. The number of hydrogen-bond acceptors (Lipinski definition) is 3. The Hall–Kier alpha value is -0.830. The molecular formula is C14H23NO2. The first-order valence-corrected chi connectivity index (χ1v) is 6.81. The Balaban J connectivity index is 1.91. The van der Waals surface area contributed by atoms with Gasteiger partial charge in [0.1, 0.15) is 0 Å². The Labute approximate surface area is 104 Å². The molecule has 0 N–H and O–H groups in total. The molecule has 17 heavy (non-hydrogen) atoms. The minimum atomic E-state index is -0.0864.